The van der Waals surface area contributed by atoms with Gasteiger partial charge in [0.15, 0.2) is 0 Å². The lowest BCUT2D eigenvalue weighted by Crippen LogP contribution is -2.23. The van der Waals surface area contributed by atoms with Gasteiger partial charge in [0.2, 0.25) is 0 Å². The number of esters is 1. The van der Waals surface area contributed by atoms with E-state index in [1.54, 1.807) is 18.2 Å². The Bertz CT molecular complexity index is 986. The maximum Gasteiger partial charge on any atom is 0.305 e. The minimum absolute atomic E-state index is 0.115. The lowest BCUT2D eigenvalue weighted by Gasteiger charge is -2.26. The van der Waals surface area contributed by atoms with Gasteiger partial charge in [0.25, 0.3) is 0 Å². The molecule has 0 amide bonds. The molecular weight excluding hydrogens is 446 g/mol. The fourth-order valence-corrected chi connectivity index (χ4v) is 4.43. The van der Waals surface area contributed by atoms with Crippen molar-refractivity contribution in [3.8, 4) is 17.1 Å². The first-order chi connectivity index (χ1) is 16.6. The van der Waals surface area contributed by atoms with Gasteiger partial charge in [-0.2, -0.15) is 0 Å². The fourth-order valence-electron chi connectivity index (χ4n) is 3.49. The highest BCUT2D eigenvalue weighted by molar-refractivity contribution is 7.97. The van der Waals surface area contributed by atoms with Crippen molar-refractivity contribution >= 4 is 17.9 Å². The van der Waals surface area contributed by atoms with Gasteiger partial charge in [-0.15, -0.1) is 0 Å². The summed E-state index contributed by atoms with van der Waals surface area (Å²) in [5.41, 5.74) is 2.24. The molecule has 0 aliphatic heterocycles. The monoisotopic (exact) mass is 481 g/mol. The van der Waals surface area contributed by atoms with E-state index in [1.165, 1.54) is 10.5 Å². The van der Waals surface area contributed by atoms with E-state index in [1.807, 2.05) is 31.2 Å². The number of unbranched alkanes of at least 4 members (excludes halogenated alkanes) is 2. The highest BCUT2D eigenvalue weighted by atomic mass is 32.2. The van der Waals surface area contributed by atoms with E-state index in [9.17, 15) is 4.79 Å². The standard InChI is InChI=1S/C28H35NO4S/c1-4-31-28(30)14-6-5-9-19-32-27-12-8-7-11-24(27)21-29(22(2)3)34-25-17-15-23(16-18-25)26-13-10-20-33-26/h7-8,10-13,15-18,20,22H,4-6,9,14,19,21H2,1-3H3. The lowest BCUT2D eigenvalue weighted by molar-refractivity contribution is -0.143. The molecule has 0 radical (unpaired) electrons. The smallest absolute Gasteiger partial charge is 0.305 e. The average molecular weight is 482 g/mol. The largest absolute Gasteiger partial charge is 0.493 e. The molecule has 0 saturated carbocycles. The van der Waals surface area contributed by atoms with E-state index in [0.29, 0.717) is 25.7 Å². The van der Waals surface area contributed by atoms with Crippen LogP contribution >= 0.6 is 11.9 Å². The second kappa shape index (κ2) is 13.9. The molecule has 0 unspecified atom stereocenters. The third-order valence-electron chi connectivity index (χ3n) is 5.35. The van der Waals surface area contributed by atoms with Crippen molar-refractivity contribution in [3.63, 3.8) is 0 Å². The van der Waals surface area contributed by atoms with Crippen molar-refractivity contribution in [3.05, 3.63) is 72.5 Å². The molecule has 0 bridgehead atoms. The van der Waals surface area contributed by atoms with Gasteiger partial charge >= 0.3 is 5.97 Å². The Hall–Kier alpha value is -2.70. The van der Waals surface area contributed by atoms with Gasteiger partial charge in [-0.3, -0.25) is 4.79 Å². The summed E-state index contributed by atoms with van der Waals surface area (Å²) in [4.78, 5) is 12.6. The van der Waals surface area contributed by atoms with Crippen LogP contribution in [0.2, 0.25) is 0 Å². The highest BCUT2D eigenvalue weighted by Gasteiger charge is 2.15. The van der Waals surface area contributed by atoms with Crippen molar-refractivity contribution in [1.82, 2.24) is 4.31 Å². The summed E-state index contributed by atoms with van der Waals surface area (Å²) < 4.78 is 18.9. The summed E-state index contributed by atoms with van der Waals surface area (Å²) in [7, 11) is 0. The van der Waals surface area contributed by atoms with Crippen molar-refractivity contribution in [2.24, 2.45) is 0 Å². The molecule has 3 rings (SSSR count). The number of benzene rings is 2. The van der Waals surface area contributed by atoms with Gasteiger partial charge < -0.3 is 13.9 Å². The predicted octanol–water partition coefficient (Wildman–Crippen LogP) is 7.37. The van der Waals surface area contributed by atoms with E-state index in [0.717, 1.165) is 42.9 Å². The zero-order chi connectivity index (χ0) is 24.2. The second-order valence-corrected chi connectivity index (χ2v) is 9.46. The zero-order valence-electron chi connectivity index (χ0n) is 20.4. The number of rotatable bonds is 14. The number of furan rings is 1. The van der Waals surface area contributed by atoms with Crippen LogP contribution < -0.4 is 4.74 Å². The second-order valence-electron chi connectivity index (χ2n) is 8.33. The molecule has 34 heavy (non-hydrogen) atoms. The van der Waals surface area contributed by atoms with E-state index >= 15 is 0 Å². The number of ether oxygens (including phenoxy) is 2. The molecule has 0 fully saturated rings. The van der Waals surface area contributed by atoms with Crippen LogP contribution in [0.1, 0.15) is 52.0 Å². The molecule has 0 N–H and O–H groups in total. The molecule has 5 nitrogen and oxygen atoms in total. The Balaban J connectivity index is 1.53. The Kier molecular flexibility index (Phi) is 10.6. The lowest BCUT2D eigenvalue weighted by atomic mass is 10.2. The summed E-state index contributed by atoms with van der Waals surface area (Å²) in [6, 6.07) is 20.9. The molecule has 2 aromatic carbocycles. The molecule has 1 heterocycles. The molecule has 0 saturated heterocycles. The third kappa shape index (κ3) is 8.26. The van der Waals surface area contributed by atoms with E-state index in [2.05, 4.69) is 54.6 Å². The van der Waals surface area contributed by atoms with Crippen molar-refractivity contribution in [2.45, 2.75) is 63.9 Å². The molecule has 182 valence electrons. The van der Waals surface area contributed by atoms with Crippen LogP contribution in [0.3, 0.4) is 0 Å². The first kappa shape index (κ1) is 25.9. The molecule has 1 aromatic heterocycles. The first-order valence-corrected chi connectivity index (χ1v) is 12.8. The minimum Gasteiger partial charge on any atom is -0.493 e. The minimum atomic E-state index is -0.115. The van der Waals surface area contributed by atoms with Crippen LogP contribution in [-0.4, -0.2) is 29.5 Å². The number of para-hydroxylation sites is 1. The average Bonchev–Trinajstić information content (AvgIpc) is 3.37. The maximum absolute atomic E-state index is 11.4. The summed E-state index contributed by atoms with van der Waals surface area (Å²) >= 11 is 1.75. The fraction of sp³-hybridized carbons (Fsp3) is 0.393. The summed E-state index contributed by atoms with van der Waals surface area (Å²) in [6.45, 7) is 8.11. The van der Waals surface area contributed by atoms with Crippen LogP contribution in [0.15, 0.2) is 76.2 Å². The van der Waals surface area contributed by atoms with Gasteiger partial charge in [0.1, 0.15) is 11.5 Å². The number of carbonyl (C=O) groups is 1. The van der Waals surface area contributed by atoms with Crippen molar-refractivity contribution in [2.75, 3.05) is 13.2 Å². The van der Waals surface area contributed by atoms with Gasteiger partial charge in [0.05, 0.1) is 19.5 Å². The number of hydrogen-bond donors (Lipinski definition) is 0. The van der Waals surface area contributed by atoms with Gasteiger partial charge in [-0.25, -0.2) is 4.31 Å². The SMILES string of the molecule is CCOC(=O)CCCCCOc1ccccc1CN(Sc1ccc(-c2ccco2)cc1)C(C)C. The normalized spacial score (nSPS) is 11.2. The van der Waals surface area contributed by atoms with E-state index in [-0.39, 0.29) is 5.97 Å². The first-order valence-electron chi connectivity index (χ1n) is 12.0. The molecule has 3 aromatic rings. The van der Waals surface area contributed by atoms with E-state index in [4.69, 9.17) is 13.9 Å². The Morgan fingerprint density at radius 2 is 1.79 bits per heavy atom. The molecule has 0 spiro atoms. The van der Waals surface area contributed by atoms with Gasteiger partial charge in [0, 0.05) is 35.0 Å². The maximum atomic E-state index is 11.4. The Morgan fingerprint density at radius 1 is 1.00 bits per heavy atom. The number of carbonyl (C=O) groups excluding carboxylic acids is 1. The molecule has 0 atom stereocenters. The van der Waals surface area contributed by atoms with Gasteiger partial charge in [-0.1, -0.05) is 30.3 Å². The quantitative estimate of drug-likeness (QED) is 0.136. The molecular formula is C28H35NO4S. The third-order valence-corrected chi connectivity index (χ3v) is 6.61. The number of nitrogens with zero attached hydrogens (tertiary/aromatic N) is 1. The Morgan fingerprint density at radius 3 is 2.50 bits per heavy atom. The number of hydrogen-bond acceptors (Lipinski definition) is 6. The van der Waals surface area contributed by atoms with Crippen LogP contribution in [0, 0.1) is 0 Å². The summed E-state index contributed by atoms with van der Waals surface area (Å²) in [5.74, 6) is 1.69. The predicted molar refractivity (Wildman–Crippen MR) is 138 cm³/mol. The van der Waals surface area contributed by atoms with E-state index < -0.39 is 0 Å². The van der Waals surface area contributed by atoms with Crippen LogP contribution in [0.4, 0.5) is 0 Å². The molecule has 0 aliphatic rings. The zero-order valence-corrected chi connectivity index (χ0v) is 21.2. The summed E-state index contributed by atoms with van der Waals surface area (Å²) in [5, 5.41) is 0. The Labute approximate surface area is 207 Å². The van der Waals surface area contributed by atoms with Crippen LogP contribution in [-0.2, 0) is 16.1 Å². The van der Waals surface area contributed by atoms with Gasteiger partial charge in [-0.05, 0) is 82.3 Å². The van der Waals surface area contributed by atoms with Crippen LogP contribution in [0.5, 0.6) is 5.75 Å². The highest BCUT2D eigenvalue weighted by Crippen LogP contribution is 2.31. The van der Waals surface area contributed by atoms with Crippen molar-refractivity contribution < 1.29 is 18.7 Å². The topological polar surface area (TPSA) is 51.9 Å². The molecule has 6 heteroatoms. The van der Waals surface area contributed by atoms with Crippen LogP contribution in [0.25, 0.3) is 11.3 Å². The van der Waals surface area contributed by atoms with Crippen molar-refractivity contribution in [1.29, 1.82) is 0 Å². The summed E-state index contributed by atoms with van der Waals surface area (Å²) in [6.07, 6.45) is 4.87. The molecule has 0 aliphatic carbocycles.